The lowest BCUT2D eigenvalue weighted by atomic mass is 10.2. The number of carbonyl (C=O) groups is 1. The number of amides is 1. The van der Waals surface area contributed by atoms with E-state index < -0.39 is 16.3 Å². The average molecular weight is 287 g/mol. The van der Waals surface area contributed by atoms with E-state index in [1.165, 1.54) is 0 Å². The Morgan fingerprint density at radius 2 is 2.00 bits per heavy atom. The Hall–Kier alpha value is -1.80. The minimum atomic E-state index is -4.00. The van der Waals surface area contributed by atoms with Crippen LogP contribution >= 0.6 is 0 Å². The molecule has 0 unspecified atom stereocenters. The number of para-hydroxylation sites is 1. The zero-order valence-corrected chi connectivity index (χ0v) is 11.6. The number of nitrogens with one attached hydrogen (secondary N) is 3. The Labute approximate surface area is 112 Å². The normalized spacial score (nSPS) is 10.8. The van der Waals surface area contributed by atoms with Crippen molar-refractivity contribution in [2.75, 3.05) is 18.4 Å². The number of carbonyl (C=O) groups excluding carboxylic acids is 1. The minimum absolute atomic E-state index is 0.403. The van der Waals surface area contributed by atoms with Crippen LogP contribution in [0.4, 0.5) is 10.5 Å². The number of methoxy groups -OCH3 is 1. The van der Waals surface area contributed by atoms with Crippen molar-refractivity contribution < 1.29 is 17.9 Å². The molecule has 0 spiro atoms. The van der Waals surface area contributed by atoms with E-state index in [0.29, 0.717) is 12.2 Å². The molecule has 3 N–H and O–H groups in total. The molecule has 1 aromatic rings. The van der Waals surface area contributed by atoms with E-state index in [1.54, 1.807) is 29.0 Å². The molecule has 0 bridgehead atoms. The third kappa shape index (κ3) is 5.14. The molecule has 1 amide bonds. The topological polar surface area (TPSA) is 96.5 Å². The summed E-state index contributed by atoms with van der Waals surface area (Å²) < 4.78 is 31.5. The van der Waals surface area contributed by atoms with Crippen LogP contribution in [-0.2, 0) is 21.5 Å². The van der Waals surface area contributed by atoms with Crippen molar-refractivity contribution in [2.45, 2.75) is 13.5 Å². The third-order valence-electron chi connectivity index (χ3n) is 2.23. The number of ether oxygens (including phenoxy) is 1. The lowest BCUT2D eigenvalue weighted by molar-refractivity contribution is 0.177. The molecule has 0 aliphatic rings. The van der Waals surface area contributed by atoms with Gasteiger partial charge in [0.1, 0.15) is 0 Å². The number of hydrogen-bond acceptors (Lipinski definition) is 5. The second kappa shape index (κ2) is 6.95. The lowest BCUT2D eigenvalue weighted by Gasteiger charge is -2.12. The van der Waals surface area contributed by atoms with Gasteiger partial charge in [-0.25, -0.2) is 9.52 Å². The number of anilines is 1. The van der Waals surface area contributed by atoms with E-state index in [-0.39, 0.29) is 0 Å². The average Bonchev–Trinajstić information content (AvgIpc) is 2.36. The Bertz CT molecular complexity index is 530. The highest BCUT2D eigenvalue weighted by Crippen LogP contribution is 2.15. The molecule has 8 heteroatoms. The van der Waals surface area contributed by atoms with Crippen molar-refractivity contribution in [3.8, 4) is 0 Å². The molecular weight excluding hydrogens is 270 g/mol. The van der Waals surface area contributed by atoms with Crippen LogP contribution in [0.3, 0.4) is 0 Å². The number of benzene rings is 1. The van der Waals surface area contributed by atoms with Crippen molar-refractivity contribution in [2.24, 2.45) is 0 Å². The maximum absolute atomic E-state index is 11.7. The van der Waals surface area contributed by atoms with Gasteiger partial charge in [0.25, 0.3) is 0 Å². The van der Waals surface area contributed by atoms with Crippen LogP contribution in [0.15, 0.2) is 24.3 Å². The van der Waals surface area contributed by atoms with Crippen molar-refractivity contribution in [1.82, 2.24) is 10.0 Å². The largest absolute Gasteiger partial charge is 0.452 e. The molecular formula is C11H17N3O4S. The zero-order chi connectivity index (χ0) is 14.3. The van der Waals surface area contributed by atoms with Gasteiger partial charge in [0.15, 0.2) is 0 Å². The fourth-order valence-corrected chi connectivity index (χ4v) is 2.20. The first-order chi connectivity index (χ1) is 8.98. The predicted octanol–water partition coefficient (Wildman–Crippen LogP) is 0.809. The van der Waals surface area contributed by atoms with Gasteiger partial charge in [-0.3, -0.25) is 4.72 Å². The molecule has 0 aliphatic heterocycles. The maximum atomic E-state index is 11.7. The first-order valence-electron chi connectivity index (χ1n) is 5.65. The number of hydrogen-bond donors (Lipinski definition) is 3. The van der Waals surface area contributed by atoms with Crippen molar-refractivity contribution in [3.05, 3.63) is 29.8 Å². The predicted molar refractivity (Wildman–Crippen MR) is 71.9 cm³/mol. The molecule has 1 rings (SSSR count). The summed E-state index contributed by atoms with van der Waals surface area (Å²) in [5, 5.41) is 3.10. The van der Waals surface area contributed by atoms with Gasteiger partial charge < -0.3 is 10.1 Å². The van der Waals surface area contributed by atoms with Crippen LogP contribution in [0.2, 0.25) is 0 Å². The van der Waals surface area contributed by atoms with Gasteiger partial charge in [-0.05, 0) is 18.2 Å². The standard InChI is InChI=1S/C11H17N3O4S/c1-3-12-8-9-6-4-5-7-10(9)13-19(16,17)14-11(15)18-2/h4-7,12-13H,3,8H2,1-2H3,(H,14,15). The Kier molecular flexibility index (Phi) is 5.58. The van der Waals surface area contributed by atoms with Crippen LogP contribution in [0, 0.1) is 0 Å². The van der Waals surface area contributed by atoms with E-state index in [4.69, 9.17) is 0 Å². The highest BCUT2D eigenvalue weighted by Gasteiger charge is 2.15. The quantitative estimate of drug-likeness (QED) is 0.719. The Balaban J connectivity index is 2.83. The summed E-state index contributed by atoms with van der Waals surface area (Å²) in [4.78, 5) is 10.9. The first-order valence-corrected chi connectivity index (χ1v) is 7.14. The third-order valence-corrected chi connectivity index (χ3v) is 3.15. The van der Waals surface area contributed by atoms with Crippen LogP contribution in [-0.4, -0.2) is 28.2 Å². The molecule has 0 saturated carbocycles. The minimum Gasteiger partial charge on any atom is -0.452 e. The van der Waals surface area contributed by atoms with E-state index in [2.05, 4.69) is 14.8 Å². The summed E-state index contributed by atoms with van der Waals surface area (Å²) in [6, 6.07) is 6.91. The van der Waals surface area contributed by atoms with Gasteiger partial charge in [-0.15, -0.1) is 0 Å². The fourth-order valence-electron chi connectivity index (χ4n) is 1.36. The molecule has 0 aliphatic carbocycles. The molecule has 0 atom stereocenters. The smallest absolute Gasteiger partial charge is 0.422 e. The summed E-state index contributed by atoms with van der Waals surface area (Å²) in [5.41, 5.74) is 1.18. The van der Waals surface area contributed by atoms with Gasteiger partial charge in [-0.2, -0.15) is 8.42 Å². The van der Waals surface area contributed by atoms with Gasteiger partial charge in [0.05, 0.1) is 12.8 Å². The highest BCUT2D eigenvalue weighted by atomic mass is 32.2. The van der Waals surface area contributed by atoms with Gasteiger partial charge >= 0.3 is 16.3 Å². The maximum Gasteiger partial charge on any atom is 0.422 e. The van der Waals surface area contributed by atoms with E-state index in [0.717, 1.165) is 19.2 Å². The van der Waals surface area contributed by atoms with Crippen molar-refractivity contribution >= 4 is 22.0 Å². The molecule has 0 aromatic heterocycles. The fraction of sp³-hybridized carbons (Fsp3) is 0.364. The summed E-state index contributed by atoms with van der Waals surface area (Å²) >= 11 is 0. The second-order valence-corrected chi connectivity index (χ2v) is 5.05. The van der Waals surface area contributed by atoms with Gasteiger partial charge in [0.2, 0.25) is 0 Å². The van der Waals surface area contributed by atoms with E-state index >= 15 is 0 Å². The van der Waals surface area contributed by atoms with Crippen LogP contribution in [0.5, 0.6) is 0 Å². The molecule has 0 saturated heterocycles. The van der Waals surface area contributed by atoms with E-state index in [9.17, 15) is 13.2 Å². The molecule has 0 heterocycles. The van der Waals surface area contributed by atoms with Gasteiger partial charge in [0, 0.05) is 6.54 Å². The summed E-state index contributed by atoms with van der Waals surface area (Å²) in [6.07, 6.45) is -1.04. The zero-order valence-electron chi connectivity index (χ0n) is 10.8. The highest BCUT2D eigenvalue weighted by molar-refractivity contribution is 7.91. The Morgan fingerprint density at radius 3 is 2.63 bits per heavy atom. The monoisotopic (exact) mass is 287 g/mol. The molecule has 1 aromatic carbocycles. The van der Waals surface area contributed by atoms with E-state index in [1.807, 2.05) is 6.92 Å². The SMILES string of the molecule is CCNCc1ccccc1NS(=O)(=O)NC(=O)OC. The molecule has 106 valence electrons. The first kappa shape index (κ1) is 15.3. The van der Waals surface area contributed by atoms with Crippen molar-refractivity contribution in [1.29, 1.82) is 0 Å². The summed E-state index contributed by atoms with van der Waals surface area (Å²) in [5.74, 6) is 0. The Morgan fingerprint density at radius 1 is 1.32 bits per heavy atom. The van der Waals surface area contributed by atoms with Crippen molar-refractivity contribution in [3.63, 3.8) is 0 Å². The molecule has 0 fully saturated rings. The molecule has 0 radical (unpaired) electrons. The van der Waals surface area contributed by atoms with Crippen LogP contribution < -0.4 is 14.8 Å². The molecule has 19 heavy (non-hydrogen) atoms. The molecule has 7 nitrogen and oxygen atoms in total. The summed E-state index contributed by atoms with van der Waals surface area (Å²) in [7, 11) is -2.91. The number of rotatable bonds is 6. The van der Waals surface area contributed by atoms with Crippen LogP contribution in [0.1, 0.15) is 12.5 Å². The lowest BCUT2D eigenvalue weighted by Crippen LogP contribution is -2.35. The summed E-state index contributed by atoms with van der Waals surface area (Å²) in [6.45, 7) is 3.24. The van der Waals surface area contributed by atoms with Crippen LogP contribution in [0.25, 0.3) is 0 Å². The van der Waals surface area contributed by atoms with Gasteiger partial charge in [-0.1, -0.05) is 25.1 Å². The second-order valence-electron chi connectivity index (χ2n) is 3.64.